The minimum Gasteiger partial charge on any atom is -0.393 e. The van der Waals surface area contributed by atoms with E-state index in [9.17, 15) is 5.11 Å². The van der Waals surface area contributed by atoms with Crippen molar-refractivity contribution in [2.75, 3.05) is 19.6 Å². The summed E-state index contributed by atoms with van der Waals surface area (Å²) in [6.07, 6.45) is 4.37. The largest absolute Gasteiger partial charge is 0.393 e. The van der Waals surface area contributed by atoms with Crippen LogP contribution in [0.1, 0.15) is 46.5 Å². The zero-order chi connectivity index (χ0) is 10.6. The van der Waals surface area contributed by atoms with Gasteiger partial charge in [0.05, 0.1) is 6.10 Å². The highest BCUT2D eigenvalue weighted by molar-refractivity contribution is 4.81. The Morgan fingerprint density at radius 3 is 2.79 bits per heavy atom. The molecule has 1 unspecified atom stereocenters. The van der Waals surface area contributed by atoms with Crippen LogP contribution in [-0.2, 0) is 0 Å². The Labute approximate surface area is 88.3 Å². The van der Waals surface area contributed by atoms with E-state index in [2.05, 4.69) is 25.7 Å². The summed E-state index contributed by atoms with van der Waals surface area (Å²) in [7, 11) is 0. The summed E-state index contributed by atoms with van der Waals surface area (Å²) in [6.45, 7) is 10.2. The van der Waals surface area contributed by atoms with Crippen molar-refractivity contribution < 1.29 is 5.11 Å². The molecular weight excluding hydrogens is 174 g/mol. The molecule has 0 amide bonds. The molecule has 1 N–H and O–H groups in total. The van der Waals surface area contributed by atoms with Gasteiger partial charge in [-0.2, -0.15) is 0 Å². The fraction of sp³-hybridized carbons (Fsp3) is 1.00. The number of aliphatic hydroxyl groups excluding tert-OH is 1. The van der Waals surface area contributed by atoms with Gasteiger partial charge in [0.25, 0.3) is 0 Å². The summed E-state index contributed by atoms with van der Waals surface area (Å²) in [4.78, 5) is 2.51. The van der Waals surface area contributed by atoms with Crippen LogP contribution in [0.2, 0.25) is 0 Å². The Morgan fingerprint density at radius 2 is 2.14 bits per heavy atom. The Kier molecular flexibility index (Phi) is 4.39. The maximum absolute atomic E-state index is 9.74. The smallest absolute Gasteiger partial charge is 0.0558 e. The van der Waals surface area contributed by atoms with E-state index in [4.69, 9.17) is 0 Å². The normalized spacial score (nSPS) is 28.7. The molecule has 1 aliphatic heterocycles. The number of aliphatic hydroxyl groups is 1. The first-order valence-corrected chi connectivity index (χ1v) is 5.94. The second-order valence-electron chi connectivity index (χ2n) is 5.44. The van der Waals surface area contributed by atoms with Crippen molar-refractivity contribution in [1.29, 1.82) is 0 Å². The molecule has 0 aromatic carbocycles. The summed E-state index contributed by atoms with van der Waals surface area (Å²) in [5.41, 5.74) is 0.281. The highest BCUT2D eigenvalue weighted by atomic mass is 16.3. The molecule has 0 aromatic heterocycles. The van der Waals surface area contributed by atoms with E-state index in [0.29, 0.717) is 0 Å². The Balaban J connectivity index is 2.45. The third kappa shape index (κ3) is 3.97. The molecule has 2 heteroatoms. The average molecular weight is 199 g/mol. The van der Waals surface area contributed by atoms with Crippen molar-refractivity contribution in [3.63, 3.8) is 0 Å². The Morgan fingerprint density at radius 1 is 1.43 bits per heavy atom. The van der Waals surface area contributed by atoms with Crippen molar-refractivity contribution in [3.05, 3.63) is 0 Å². The topological polar surface area (TPSA) is 23.5 Å². The van der Waals surface area contributed by atoms with E-state index in [1.807, 2.05) is 0 Å². The molecule has 1 rings (SSSR count). The van der Waals surface area contributed by atoms with E-state index < -0.39 is 0 Å². The summed E-state index contributed by atoms with van der Waals surface area (Å²) >= 11 is 0. The fourth-order valence-electron chi connectivity index (χ4n) is 2.39. The lowest BCUT2D eigenvalue weighted by molar-refractivity contribution is 0.121. The van der Waals surface area contributed by atoms with Crippen molar-refractivity contribution in [3.8, 4) is 0 Å². The first-order valence-electron chi connectivity index (χ1n) is 5.94. The Bertz CT molecular complexity index is 168. The van der Waals surface area contributed by atoms with Gasteiger partial charge in [-0.15, -0.1) is 0 Å². The van der Waals surface area contributed by atoms with Crippen LogP contribution in [0.3, 0.4) is 0 Å². The third-order valence-corrected chi connectivity index (χ3v) is 3.05. The van der Waals surface area contributed by atoms with Crippen LogP contribution < -0.4 is 0 Å². The molecule has 1 fully saturated rings. The second kappa shape index (κ2) is 5.13. The maximum atomic E-state index is 9.74. The first kappa shape index (κ1) is 12.0. The van der Waals surface area contributed by atoms with E-state index in [1.165, 1.54) is 19.4 Å². The first-order chi connectivity index (χ1) is 6.53. The summed E-state index contributed by atoms with van der Waals surface area (Å²) in [6, 6.07) is 0. The number of hydrogen-bond acceptors (Lipinski definition) is 2. The lowest BCUT2D eigenvalue weighted by Crippen LogP contribution is -2.33. The van der Waals surface area contributed by atoms with Gasteiger partial charge < -0.3 is 10.0 Å². The van der Waals surface area contributed by atoms with Crippen LogP contribution >= 0.6 is 0 Å². The quantitative estimate of drug-likeness (QED) is 0.753. The molecule has 0 saturated carbocycles. The summed E-state index contributed by atoms with van der Waals surface area (Å²) in [5.74, 6) is 0. The van der Waals surface area contributed by atoms with Crippen LogP contribution in [0.5, 0.6) is 0 Å². The van der Waals surface area contributed by atoms with Crippen molar-refractivity contribution >= 4 is 0 Å². The van der Waals surface area contributed by atoms with Crippen LogP contribution in [0.25, 0.3) is 0 Å². The molecule has 84 valence electrons. The summed E-state index contributed by atoms with van der Waals surface area (Å²) < 4.78 is 0. The van der Waals surface area contributed by atoms with Gasteiger partial charge in [-0.1, -0.05) is 27.2 Å². The highest BCUT2D eigenvalue weighted by Crippen LogP contribution is 2.28. The van der Waals surface area contributed by atoms with Gasteiger partial charge in [0.2, 0.25) is 0 Å². The number of hydrogen-bond donors (Lipinski definition) is 1. The molecule has 0 radical (unpaired) electrons. The van der Waals surface area contributed by atoms with Gasteiger partial charge in [-0.25, -0.2) is 0 Å². The predicted octanol–water partition coefficient (Wildman–Crippen LogP) is 2.27. The second-order valence-corrected chi connectivity index (χ2v) is 5.44. The minimum absolute atomic E-state index is 0.0865. The molecule has 0 aromatic rings. The molecule has 0 spiro atoms. The number of unbranched alkanes of at least 4 members (excludes halogenated alkanes) is 1. The highest BCUT2D eigenvalue weighted by Gasteiger charge is 2.28. The van der Waals surface area contributed by atoms with E-state index in [1.54, 1.807) is 0 Å². The predicted molar refractivity (Wildman–Crippen MR) is 60.4 cm³/mol. The van der Waals surface area contributed by atoms with Gasteiger partial charge >= 0.3 is 0 Å². The van der Waals surface area contributed by atoms with Crippen LogP contribution in [0.4, 0.5) is 0 Å². The van der Waals surface area contributed by atoms with Gasteiger partial charge in [-0.05, 0) is 31.2 Å². The van der Waals surface area contributed by atoms with E-state index >= 15 is 0 Å². The number of rotatable bonds is 3. The molecule has 0 aliphatic carbocycles. The van der Waals surface area contributed by atoms with Crippen molar-refractivity contribution in [1.82, 2.24) is 4.90 Å². The third-order valence-electron chi connectivity index (χ3n) is 3.05. The van der Waals surface area contributed by atoms with Crippen molar-refractivity contribution in [2.24, 2.45) is 5.41 Å². The van der Waals surface area contributed by atoms with Gasteiger partial charge in [-0.3, -0.25) is 0 Å². The van der Waals surface area contributed by atoms with Crippen LogP contribution in [-0.4, -0.2) is 35.7 Å². The lowest BCUT2D eigenvalue weighted by Gasteiger charge is -2.29. The fourth-order valence-corrected chi connectivity index (χ4v) is 2.39. The number of nitrogens with zero attached hydrogens (tertiary/aromatic N) is 1. The molecule has 1 aliphatic rings. The molecule has 1 saturated heterocycles. The molecule has 14 heavy (non-hydrogen) atoms. The minimum atomic E-state index is -0.0865. The van der Waals surface area contributed by atoms with Crippen molar-refractivity contribution in [2.45, 2.75) is 52.6 Å². The van der Waals surface area contributed by atoms with Gasteiger partial charge in [0.15, 0.2) is 0 Å². The summed E-state index contributed by atoms with van der Waals surface area (Å²) in [5, 5.41) is 9.74. The Hall–Kier alpha value is -0.0800. The van der Waals surface area contributed by atoms with Gasteiger partial charge in [0, 0.05) is 13.1 Å². The zero-order valence-corrected chi connectivity index (χ0v) is 9.92. The average Bonchev–Trinajstić information content (AvgIpc) is 2.20. The van der Waals surface area contributed by atoms with Crippen LogP contribution in [0.15, 0.2) is 0 Å². The molecule has 0 bridgehead atoms. The zero-order valence-electron chi connectivity index (χ0n) is 9.92. The molecule has 1 heterocycles. The molecular formula is C12H25NO. The maximum Gasteiger partial charge on any atom is 0.0558 e. The number of likely N-dealkylation sites (tertiary alicyclic amines) is 1. The van der Waals surface area contributed by atoms with Gasteiger partial charge in [0.1, 0.15) is 0 Å². The molecule has 2 nitrogen and oxygen atoms in total. The standard InChI is InChI=1S/C12H25NO/c1-4-5-7-13-8-6-11(14)9-12(2,3)10-13/h11,14H,4-10H2,1-3H3. The SMILES string of the molecule is CCCCN1CCC(O)CC(C)(C)C1. The lowest BCUT2D eigenvalue weighted by atomic mass is 9.87. The van der Waals surface area contributed by atoms with E-state index in [-0.39, 0.29) is 11.5 Å². The molecule has 1 atom stereocenters. The van der Waals surface area contributed by atoms with E-state index in [0.717, 1.165) is 25.9 Å². The van der Waals surface area contributed by atoms with Crippen LogP contribution in [0, 0.1) is 5.41 Å². The monoisotopic (exact) mass is 199 g/mol.